The average molecular weight is 98.1 g/mol. The van der Waals surface area contributed by atoms with Gasteiger partial charge in [-0.15, -0.1) is 0 Å². The second-order valence-electron chi connectivity index (χ2n) is 1.03. The summed E-state index contributed by atoms with van der Waals surface area (Å²) in [6.07, 6.45) is 0.246. The van der Waals surface area contributed by atoms with Gasteiger partial charge in [-0.3, -0.25) is 0 Å². The Kier molecular flexibility index (Phi) is 3.19. The molecule has 0 aliphatic carbocycles. The summed E-state index contributed by atoms with van der Waals surface area (Å²) in [5, 5.41) is 10.1. The molecule has 0 amide bonds. The second kappa shape index (κ2) is 3.53. The van der Waals surface area contributed by atoms with Gasteiger partial charge in [0.1, 0.15) is 6.42 Å². The molecule has 0 fully saturated rings. The van der Waals surface area contributed by atoms with Gasteiger partial charge in [0.05, 0.1) is 6.92 Å². The molecule has 0 aromatic carbocycles. The van der Waals surface area contributed by atoms with Gasteiger partial charge in [-0.2, -0.15) is 0 Å². The number of hydrogen-bond donors (Lipinski definition) is 0. The highest BCUT2D eigenvalue weighted by Gasteiger charge is 1.76. The largest absolute Gasteiger partial charge is 0.859 e. The summed E-state index contributed by atoms with van der Waals surface area (Å²) < 4.78 is 0. The van der Waals surface area contributed by atoms with Crippen LogP contribution in [0.4, 0.5) is 0 Å². The average Bonchev–Trinajstić information content (AvgIpc) is 1.68. The molecule has 0 spiro atoms. The molecular weight excluding hydrogens is 90.1 g/mol. The van der Waals surface area contributed by atoms with Crippen molar-refractivity contribution in [2.24, 2.45) is 4.99 Å². The molecule has 0 heterocycles. The highest BCUT2D eigenvalue weighted by molar-refractivity contribution is 5.71. The van der Waals surface area contributed by atoms with E-state index in [2.05, 4.69) is 18.8 Å². The maximum atomic E-state index is 10.1. The van der Waals surface area contributed by atoms with E-state index in [1.807, 2.05) is 0 Å². The summed E-state index contributed by atoms with van der Waals surface area (Å²) in [6, 6.07) is 0. The highest BCUT2D eigenvalue weighted by Crippen LogP contribution is 1.73. The summed E-state index contributed by atoms with van der Waals surface area (Å²) in [6.45, 7) is 7.02. The lowest BCUT2D eigenvalue weighted by atomic mass is 10.5. The molecule has 0 bridgehead atoms. The first-order valence-electron chi connectivity index (χ1n) is 2.10. The van der Waals surface area contributed by atoms with Crippen LogP contribution in [0.25, 0.3) is 0 Å². The highest BCUT2D eigenvalue weighted by atomic mass is 16.3. The van der Waals surface area contributed by atoms with Crippen molar-refractivity contribution in [3.05, 3.63) is 13.8 Å². The van der Waals surface area contributed by atoms with Crippen LogP contribution in [0.1, 0.15) is 6.42 Å². The molecular formula is C5H8NO. The van der Waals surface area contributed by atoms with Crippen LogP contribution in [0.15, 0.2) is 4.99 Å². The van der Waals surface area contributed by atoms with Crippen molar-refractivity contribution in [3.63, 3.8) is 0 Å². The van der Waals surface area contributed by atoms with Gasteiger partial charge >= 0.3 is 0 Å². The molecule has 0 atom stereocenters. The third-order valence-corrected chi connectivity index (χ3v) is 0.502. The minimum Gasteiger partial charge on any atom is -0.859 e. The minimum absolute atomic E-state index is 0.171. The smallest absolute Gasteiger partial charge is 0.113 e. The van der Waals surface area contributed by atoms with E-state index in [9.17, 15) is 5.11 Å². The van der Waals surface area contributed by atoms with Crippen LogP contribution in [0, 0.1) is 13.8 Å². The Hall–Kier alpha value is -0.660. The van der Waals surface area contributed by atoms with Crippen LogP contribution >= 0.6 is 0 Å². The van der Waals surface area contributed by atoms with Crippen molar-refractivity contribution in [3.8, 4) is 0 Å². The molecule has 2 heteroatoms. The zero-order chi connectivity index (χ0) is 5.70. The van der Waals surface area contributed by atoms with Gasteiger partial charge in [-0.1, -0.05) is 0 Å². The fraction of sp³-hybridized carbons (Fsp3) is 0.400. The van der Waals surface area contributed by atoms with Gasteiger partial charge in [-0.25, -0.2) is 0 Å². The third-order valence-electron chi connectivity index (χ3n) is 0.502. The van der Waals surface area contributed by atoms with Crippen LogP contribution in [0.5, 0.6) is 0 Å². The van der Waals surface area contributed by atoms with Crippen LogP contribution in [-0.2, 0) is 0 Å². The molecule has 7 heavy (non-hydrogen) atoms. The normalized spacial score (nSPS) is 11.9. The van der Waals surface area contributed by atoms with E-state index < -0.39 is 0 Å². The molecule has 0 saturated heterocycles. The predicted octanol–water partition coefficient (Wildman–Crippen LogP) is -0.197. The van der Waals surface area contributed by atoms with Gasteiger partial charge in [0.2, 0.25) is 0 Å². The van der Waals surface area contributed by atoms with Crippen LogP contribution in [-0.4, -0.2) is 12.4 Å². The molecule has 1 radical (unpaired) electrons. The Bertz CT molecular complexity index is 68.5. The van der Waals surface area contributed by atoms with E-state index in [0.717, 1.165) is 0 Å². The Balaban J connectivity index is 3.29. The van der Waals surface area contributed by atoms with E-state index in [0.29, 0.717) is 6.54 Å². The third kappa shape index (κ3) is 3.16. The number of rotatable bonds is 2. The predicted molar refractivity (Wildman–Crippen MR) is 27.6 cm³/mol. The lowest BCUT2D eigenvalue weighted by Gasteiger charge is -1.99. The maximum absolute atomic E-state index is 10.1. The van der Waals surface area contributed by atoms with Gasteiger partial charge < -0.3 is 10.1 Å². The molecule has 0 rings (SSSR count). The molecule has 0 saturated carbocycles. The fourth-order valence-electron chi connectivity index (χ4n) is 0.204. The summed E-state index contributed by atoms with van der Waals surface area (Å²) in [7, 11) is 0. The maximum Gasteiger partial charge on any atom is 0.113 e. The van der Waals surface area contributed by atoms with E-state index >= 15 is 0 Å². The van der Waals surface area contributed by atoms with Crippen molar-refractivity contribution < 1.29 is 5.11 Å². The zero-order valence-corrected chi connectivity index (χ0v) is 4.18. The topological polar surface area (TPSA) is 35.4 Å². The van der Waals surface area contributed by atoms with E-state index in [4.69, 9.17) is 0 Å². The van der Waals surface area contributed by atoms with E-state index in [-0.39, 0.29) is 12.3 Å². The van der Waals surface area contributed by atoms with Crippen molar-refractivity contribution in [1.82, 2.24) is 0 Å². The van der Waals surface area contributed by atoms with E-state index in [1.165, 1.54) is 0 Å². The lowest BCUT2D eigenvalue weighted by Crippen LogP contribution is -2.15. The van der Waals surface area contributed by atoms with Crippen molar-refractivity contribution in [2.45, 2.75) is 6.42 Å². The fourth-order valence-corrected chi connectivity index (χ4v) is 0.204. The quantitative estimate of drug-likeness (QED) is 0.268. The second-order valence-corrected chi connectivity index (χ2v) is 1.03. The Morgan fingerprint density at radius 3 is 2.57 bits per heavy atom. The van der Waals surface area contributed by atoms with Gasteiger partial charge in [0, 0.05) is 12.4 Å². The van der Waals surface area contributed by atoms with Gasteiger partial charge in [-0.05, 0) is 6.92 Å². The lowest BCUT2D eigenvalue weighted by molar-refractivity contribution is -0.217. The SMILES string of the molecule is [CH2]CN=C([O-])C[CH2+]. The van der Waals surface area contributed by atoms with E-state index in [1.54, 1.807) is 0 Å². The molecule has 39 valence electrons. The summed E-state index contributed by atoms with van der Waals surface area (Å²) in [5.74, 6) is -0.171. The van der Waals surface area contributed by atoms with Gasteiger partial charge in [0.25, 0.3) is 0 Å². The zero-order valence-electron chi connectivity index (χ0n) is 4.18. The molecule has 0 aliphatic rings. The summed E-state index contributed by atoms with van der Waals surface area (Å²) in [5.41, 5.74) is 0. The molecule has 0 aliphatic heterocycles. The minimum atomic E-state index is -0.171. The number of nitrogens with zero attached hydrogens (tertiary/aromatic N) is 1. The van der Waals surface area contributed by atoms with Crippen molar-refractivity contribution >= 4 is 5.90 Å². The molecule has 0 N–H and O–H groups in total. The summed E-state index contributed by atoms with van der Waals surface area (Å²) >= 11 is 0. The molecule has 0 aromatic rings. The molecule has 2 nitrogen and oxygen atoms in total. The Morgan fingerprint density at radius 1 is 1.86 bits per heavy atom. The molecule has 0 unspecified atom stereocenters. The van der Waals surface area contributed by atoms with Crippen LogP contribution in [0.3, 0.4) is 0 Å². The Morgan fingerprint density at radius 2 is 2.43 bits per heavy atom. The number of aliphatic imine (C=N–C) groups is 1. The summed E-state index contributed by atoms with van der Waals surface area (Å²) in [4.78, 5) is 3.43. The first-order valence-corrected chi connectivity index (χ1v) is 2.10. The Labute approximate surface area is 43.9 Å². The standard InChI is InChI=1S/C5H8NO/c1-3-5(7)6-4-2/h1-4H2. The first kappa shape index (κ1) is 6.34. The van der Waals surface area contributed by atoms with Crippen molar-refractivity contribution in [2.75, 3.05) is 6.54 Å². The molecule has 0 aromatic heterocycles. The van der Waals surface area contributed by atoms with Crippen LogP contribution in [0.2, 0.25) is 0 Å². The van der Waals surface area contributed by atoms with Crippen molar-refractivity contribution in [1.29, 1.82) is 0 Å². The first-order chi connectivity index (χ1) is 3.31. The van der Waals surface area contributed by atoms with Gasteiger partial charge in [0.15, 0.2) is 0 Å². The monoisotopic (exact) mass is 98.1 g/mol. The number of hydrogen-bond acceptors (Lipinski definition) is 2. The van der Waals surface area contributed by atoms with Crippen LogP contribution < -0.4 is 5.11 Å².